The molecule has 1 aliphatic heterocycles. The van der Waals surface area contributed by atoms with Gasteiger partial charge in [0, 0.05) is 32.7 Å². The van der Waals surface area contributed by atoms with E-state index in [1.165, 1.54) is 12.1 Å². The Bertz CT molecular complexity index is 539. The summed E-state index contributed by atoms with van der Waals surface area (Å²) in [6, 6.07) is 5.41. The van der Waals surface area contributed by atoms with Crippen molar-refractivity contribution in [3.8, 4) is 5.75 Å². The predicted molar refractivity (Wildman–Crippen MR) is 78.9 cm³/mol. The van der Waals surface area contributed by atoms with Gasteiger partial charge in [0.2, 0.25) is 11.8 Å². The van der Waals surface area contributed by atoms with E-state index in [1.807, 2.05) is 0 Å². The zero-order chi connectivity index (χ0) is 15.9. The zero-order valence-electron chi connectivity index (χ0n) is 12.5. The van der Waals surface area contributed by atoms with Crippen molar-refractivity contribution in [2.45, 2.75) is 12.5 Å². The number of hydrogen-bond acceptors (Lipinski definition) is 4. The van der Waals surface area contributed by atoms with E-state index in [1.54, 1.807) is 24.1 Å². The molecular weight excluding hydrogens is 289 g/mol. The van der Waals surface area contributed by atoms with Gasteiger partial charge in [-0.15, -0.1) is 0 Å². The molecule has 2 amide bonds. The number of carbonyl (C=O) groups is 2. The fourth-order valence-corrected chi connectivity index (χ4v) is 2.30. The zero-order valence-corrected chi connectivity index (χ0v) is 12.5. The number of carbonyl (C=O) groups excluding carboxylic acids is 2. The number of ether oxygens (including phenoxy) is 1. The van der Waals surface area contributed by atoms with E-state index >= 15 is 0 Å². The number of likely N-dealkylation sites (N-methyl/N-ethyl adjacent to an activating group) is 1. The summed E-state index contributed by atoms with van der Waals surface area (Å²) in [5, 5.41) is 5.63. The van der Waals surface area contributed by atoms with Crippen molar-refractivity contribution in [2.24, 2.45) is 0 Å². The van der Waals surface area contributed by atoms with Gasteiger partial charge in [0.1, 0.15) is 17.6 Å². The summed E-state index contributed by atoms with van der Waals surface area (Å²) in [6.07, 6.45) is 0.191. The molecule has 0 radical (unpaired) electrons. The first-order chi connectivity index (χ1) is 10.6. The maximum absolute atomic E-state index is 13.0. The van der Waals surface area contributed by atoms with Gasteiger partial charge in [-0.3, -0.25) is 9.59 Å². The molecule has 1 heterocycles. The van der Waals surface area contributed by atoms with E-state index in [9.17, 15) is 14.0 Å². The summed E-state index contributed by atoms with van der Waals surface area (Å²) in [5.41, 5.74) is 0. The Morgan fingerprint density at radius 3 is 3.05 bits per heavy atom. The van der Waals surface area contributed by atoms with Crippen LogP contribution >= 0.6 is 0 Å². The minimum atomic E-state index is -0.383. The van der Waals surface area contributed by atoms with Crippen LogP contribution in [0.1, 0.15) is 6.42 Å². The van der Waals surface area contributed by atoms with Crippen LogP contribution in [0.2, 0.25) is 0 Å². The number of hydrogen-bond donors (Lipinski definition) is 2. The third kappa shape index (κ3) is 4.42. The summed E-state index contributed by atoms with van der Waals surface area (Å²) in [7, 11) is 1.57. The number of nitrogens with one attached hydrogen (secondary N) is 2. The van der Waals surface area contributed by atoms with Crippen molar-refractivity contribution in [1.82, 2.24) is 15.5 Å². The third-order valence-electron chi connectivity index (χ3n) is 3.47. The number of rotatable bonds is 5. The first-order valence-electron chi connectivity index (χ1n) is 7.21. The Hall–Kier alpha value is -2.15. The van der Waals surface area contributed by atoms with Gasteiger partial charge in [0.05, 0.1) is 13.0 Å². The smallest absolute Gasteiger partial charge is 0.238 e. The van der Waals surface area contributed by atoms with Crippen molar-refractivity contribution < 1.29 is 18.7 Å². The Morgan fingerprint density at radius 2 is 2.32 bits per heavy atom. The van der Waals surface area contributed by atoms with Crippen LogP contribution in [0.5, 0.6) is 5.75 Å². The second kappa shape index (κ2) is 7.74. The van der Waals surface area contributed by atoms with Crippen LogP contribution in [0.4, 0.5) is 4.39 Å². The molecule has 1 saturated heterocycles. The molecule has 1 fully saturated rings. The van der Waals surface area contributed by atoms with Crippen LogP contribution in [0.25, 0.3) is 0 Å². The standard InChI is InChI=1S/C15H20FN3O3/c1-17-15(21)13-10-19(7-6-18-13)14(20)5-8-22-12-4-2-3-11(16)9-12/h2-4,9,13,18H,5-8,10H2,1H3,(H,17,21). The van der Waals surface area contributed by atoms with Crippen LogP contribution in [0.15, 0.2) is 24.3 Å². The number of halogens is 1. The van der Waals surface area contributed by atoms with Gasteiger partial charge in [-0.05, 0) is 12.1 Å². The first kappa shape index (κ1) is 16.2. The molecule has 120 valence electrons. The van der Waals surface area contributed by atoms with Gasteiger partial charge in [-0.2, -0.15) is 0 Å². The largest absolute Gasteiger partial charge is 0.493 e. The maximum Gasteiger partial charge on any atom is 0.238 e. The highest BCUT2D eigenvalue weighted by Gasteiger charge is 2.27. The molecule has 2 N–H and O–H groups in total. The molecule has 1 atom stereocenters. The second-order valence-corrected chi connectivity index (χ2v) is 5.02. The van der Waals surface area contributed by atoms with Crippen LogP contribution < -0.4 is 15.4 Å². The van der Waals surface area contributed by atoms with E-state index in [2.05, 4.69) is 10.6 Å². The number of benzene rings is 1. The Balaban J connectivity index is 1.78. The van der Waals surface area contributed by atoms with E-state index in [-0.39, 0.29) is 36.7 Å². The van der Waals surface area contributed by atoms with E-state index in [0.29, 0.717) is 25.4 Å². The predicted octanol–water partition coefficient (Wildman–Crippen LogP) is 0.141. The fourth-order valence-electron chi connectivity index (χ4n) is 2.30. The monoisotopic (exact) mass is 309 g/mol. The fraction of sp³-hybridized carbons (Fsp3) is 0.467. The molecule has 1 aromatic carbocycles. The lowest BCUT2D eigenvalue weighted by Gasteiger charge is -2.32. The summed E-state index contributed by atoms with van der Waals surface area (Å²) in [6.45, 7) is 1.66. The van der Waals surface area contributed by atoms with Crippen LogP contribution in [-0.2, 0) is 9.59 Å². The molecule has 6 nitrogen and oxygen atoms in total. The number of amides is 2. The normalized spacial score (nSPS) is 17.9. The maximum atomic E-state index is 13.0. The van der Waals surface area contributed by atoms with Crippen molar-refractivity contribution in [3.05, 3.63) is 30.1 Å². The Labute approximate surface area is 128 Å². The summed E-state index contributed by atoms with van der Waals surface area (Å²) < 4.78 is 18.4. The molecule has 1 unspecified atom stereocenters. The van der Waals surface area contributed by atoms with E-state index in [0.717, 1.165) is 0 Å². The molecule has 22 heavy (non-hydrogen) atoms. The summed E-state index contributed by atoms with van der Waals surface area (Å²) >= 11 is 0. The highest BCUT2D eigenvalue weighted by Crippen LogP contribution is 2.12. The first-order valence-corrected chi connectivity index (χ1v) is 7.21. The minimum absolute atomic E-state index is 0.0770. The average Bonchev–Trinajstić information content (AvgIpc) is 2.54. The lowest BCUT2D eigenvalue weighted by Crippen LogP contribution is -2.58. The van der Waals surface area contributed by atoms with Crippen molar-refractivity contribution in [1.29, 1.82) is 0 Å². The molecular formula is C15H20FN3O3. The van der Waals surface area contributed by atoms with E-state index < -0.39 is 0 Å². The van der Waals surface area contributed by atoms with Gasteiger partial charge in [-0.1, -0.05) is 6.07 Å². The van der Waals surface area contributed by atoms with Gasteiger partial charge < -0.3 is 20.3 Å². The quantitative estimate of drug-likeness (QED) is 0.812. The Morgan fingerprint density at radius 1 is 1.50 bits per heavy atom. The number of piperazine rings is 1. The SMILES string of the molecule is CNC(=O)C1CN(C(=O)CCOc2cccc(F)c2)CCN1. The Kier molecular flexibility index (Phi) is 5.71. The van der Waals surface area contributed by atoms with Gasteiger partial charge >= 0.3 is 0 Å². The molecule has 0 aliphatic carbocycles. The van der Waals surface area contributed by atoms with Crippen molar-refractivity contribution >= 4 is 11.8 Å². The molecule has 1 aliphatic rings. The molecule has 0 spiro atoms. The highest BCUT2D eigenvalue weighted by atomic mass is 19.1. The summed E-state index contributed by atoms with van der Waals surface area (Å²) in [5.74, 6) is -0.184. The molecule has 7 heteroatoms. The lowest BCUT2D eigenvalue weighted by atomic mass is 10.2. The third-order valence-corrected chi connectivity index (χ3v) is 3.47. The number of nitrogens with zero attached hydrogens (tertiary/aromatic N) is 1. The summed E-state index contributed by atoms with van der Waals surface area (Å²) in [4.78, 5) is 25.4. The molecule has 0 aromatic heterocycles. The topological polar surface area (TPSA) is 70.7 Å². The molecule has 2 rings (SSSR count). The second-order valence-electron chi connectivity index (χ2n) is 5.02. The minimum Gasteiger partial charge on any atom is -0.493 e. The van der Waals surface area contributed by atoms with Crippen LogP contribution in [-0.4, -0.2) is 56.0 Å². The van der Waals surface area contributed by atoms with Crippen molar-refractivity contribution in [3.63, 3.8) is 0 Å². The molecule has 0 bridgehead atoms. The van der Waals surface area contributed by atoms with Gasteiger partial charge in [0.25, 0.3) is 0 Å². The average molecular weight is 309 g/mol. The molecule has 1 aromatic rings. The lowest BCUT2D eigenvalue weighted by molar-refractivity contribution is -0.134. The van der Waals surface area contributed by atoms with Crippen molar-refractivity contribution in [2.75, 3.05) is 33.3 Å². The van der Waals surface area contributed by atoms with Crippen LogP contribution in [0.3, 0.4) is 0 Å². The van der Waals surface area contributed by atoms with Gasteiger partial charge in [-0.25, -0.2) is 4.39 Å². The van der Waals surface area contributed by atoms with E-state index in [4.69, 9.17) is 4.74 Å². The molecule has 0 saturated carbocycles. The van der Waals surface area contributed by atoms with Crippen LogP contribution in [0, 0.1) is 5.82 Å². The highest BCUT2D eigenvalue weighted by molar-refractivity contribution is 5.83. The van der Waals surface area contributed by atoms with Gasteiger partial charge in [0.15, 0.2) is 0 Å².